The largest absolute Gasteiger partial charge is 0.463 e. The molecule has 2 N–H and O–H groups in total. The molecule has 96 valence electrons. The zero-order valence-electron chi connectivity index (χ0n) is 10.5. The lowest BCUT2D eigenvalue weighted by Gasteiger charge is -2.16. The van der Waals surface area contributed by atoms with E-state index in [2.05, 4.69) is 13.8 Å². The Morgan fingerprint density at radius 3 is 2.50 bits per heavy atom. The van der Waals surface area contributed by atoms with Gasteiger partial charge in [-0.3, -0.25) is 4.79 Å². The number of carbonyl (C=O) groups is 1. The van der Waals surface area contributed by atoms with Crippen molar-refractivity contribution in [1.82, 2.24) is 0 Å². The Labute approximate surface area is 97.5 Å². The number of nitrogens with two attached hydrogens (primary N) is 1. The summed E-state index contributed by atoms with van der Waals surface area (Å²) in [4.78, 5) is 11.4. The lowest BCUT2D eigenvalue weighted by molar-refractivity contribution is -0.146. The Kier molecular flexibility index (Phi) is 8.16. The first-order valence-corrected chi connectivity index (χ1v) is 5.99. The summed E-state index contributed by atoms with van der Waals surface area (Å²) in [5.74, 6) is 0.310. The minimum Gasteiger partial charge on any atom is -0.463 e. The molecule has 0 rings (SSSR count). The van der Waals surface area contributed by atoms with Gasteiger partial charge in [-0.05, 0) is 31.2 Å². The van der Waals surface area contributed by atoms with E-state index in [1.54, 1.807) is 6.92 Å². The molecule has 0 aliphatic carbocycles. The molecule has 0 saturated heterocycles. The highest BCUT2D eigenvalue weighted by Gasteiger charge is 2.16. The summed E-state index contributed by atoms with van der Waals surface area (Å²) in [7, 11) is 0. The van der Waals surface area contributed by atoms with Crippen molar-refractivity contribution in [3.63, 3.8) is 0 Å². The summed E-state index contributed by atoms with van der Waals surface area (Å²) in [5, 5.41) is 0. The predicted molar refractivity (Wildman–Crippen MR) is 62.8 cm³/mol. The van der Waals surface area contributed by atoms with Crippen LogP contribution in [0.2, 0.25) is 0 Å². The number of alkyl halides is 1. The number of hydrogen-bond acceptors (Lipinski definition) is 3. The summed E-state index contributed by atoms with van der Waals surface area (Å²) in [5.41, 5.74) is 5.57. The van der Waals surface area contributed by atoms with Crippen molar-refractivity contribution in [1.29, 1.82) is 0 Å². The molecule has 0 bridgehead atoms. The zero-order valence-corrected chi connectivity index (χ0v) is 10.5. The second-order valence-electron chi connectivity index (χ2n) is 4.62. The number of rotatable bonds is 8. The van der Waals surface area contributed by atoms with Gasteiger partial charge in [-0.15, -0.1) is 0 Å². The maximum absolute atomic E-state index is 12.8. The molecule has 4 heteroatoms. The first-order chi connectivity index (χ1) is 7.49. The minimum atomic E-state index is -1.05. The normalized spacial score (nSPS) is 14.9. The smallest absolute Gasteiger partial charge is 0.306 e. The van der Waals surface area contributed by atoms with Gasteiger partial charge in [-0.1, -0.05) is 20.8 Å². The molecule has 0 unspecified atom stereocenters. The van der Waals surface area contributed by atoms with Crippen LogP contribution in [-0.4, -0.2) is 25.3 Å². The molecule has 0 amide bonds. The van der Waals surface area contributed by atoms with E-state index in [-0.39, 0.29) is 18.5 Å². The van der Waals surface area contributed by atoms with E-state index in [9.17, 15) is 9.18 Å². The summed E-state index contributed by atoms with van der Waals surface area (Å²) in [6, 6.07) is 0. The Hall–Kier alpha value is -0.640. The van der Waals surface area contributed by atoms with Crippen LogP contribution < -0.4 is 5.73 Å². The van der Waals surface area contributed by atoms with Crippen molar-refractivity contribution in [2.75, 3.05) is 13.2 Å². The van der Waals surface area contributed by atoms with Gasteiger partial charge in [0.15, 0.2) is 0 Å². The van der Waals surface area contributed by atoms with Gasteiger partial charge in [-0.25, -0.2) is 4.39 Å². The Balaban J connectivity index is 3.82. The van der Waals surface area contributed by atoms with Gasteiger partial charge in [0.2, 0.25) is 0 Å². The molecule has 0 aliphatic rings. The van der Waals surface area contributed by atoms with Gasteiger partial charge in [-0.2, -0.15) is 0 Å². The second-order valence-corrected chi connectivity index (χ2v) is 4.62. The van der Waals surface area contributed by atoms with Crippen LogP contribution >= 0.6 is 0 Å². The van der Waals surface area contributed by atoms with E-state index in [0.717, 1.165) is 6.42 Å². The van der Waals surface area contributed by atoms with E-state index < -0.39 is 6.17 Å². The molecule has 0 radical (unpaired) electrons. The lowest BCUT2D eigenvalue weighted by atomic mass is 9.94. The number of ether oxygens (including phenoxy) is 1. The van der Waals surface area contributed by atoms with E-state index in [1.165, 1.54) is 0 Å². The highest BCUT2D eigenvalue weighted by Crippen LogP contribution is 2.15. The molecule has 0 fully saturated rings. The fraction of sp³-hybridized carbons (Fsp3) is 0.917. The maximum atomic E-state index is 12.8. The molecule has 0 saturated carbocycles. The van der Waals surface area contributed by atoms with Crippen molar-refractivity contribution in [2.24, 2.45) is 17.6 Å². The fourth-order valence-corrected chi connectivity index (χ4v) is 1.53. The van der Waals surface area contributed by atoms with Crippen LogP contribution in [0.1, 0.15) is 40.0 Å². The van der Waals surface area contributed by atoms with Crippen LogP contribution in [0, 0.1) is 11.8 Å². The van der Waals surface area contributed by atoms with Crippen LogP contribution in [0.5, 0.6) is 0 Å². The third kappa shape index (κ3) is 7.63. The topological polar surface area (TPSA) is 52.3 Å². The van der Waals surface area contributed by atoms with Crippen LogP contribution in [0.3, 0.4) is 0 Å². The third-order valence-corrected chi connectivity index (χ3v) is 2.46. The predicted octanol–water partition coefficient (Wildman–Crippen LogP) is 2.29. The van der Waals surface area contributed by atoms with Gasteiger partial charge in [0, 0.05) is 6.42 Å². The standard InChI is InChI=1S/C12H24FNO2/c1-4-11(13)8-16-12(15)6-10(7-14)5-9(2)3/h9-11H,4-8,14H2,1-3H3/t10-,11+/m0/s1. The Morgan fingerprint density at radius 1 is 1.44 bits per heavy atom. The van der Waals surface area contributed by atoms with Gasteiger partial charge in [0.05, 0.1) is 0 Å². The van der Waals surface area contributed by atoms with Gasteiger partial charge in [0.1, 0.15) is 12.8 Å². The van der Waals surface area contributed by atoms with E-state index >= 15 is 0 Å². The highest BCUT2D eigenvalue weighted by molar-refractivity contribution is 5.69. The molecule has 0 aromatic heterocycles. The molecule has 3 nitrogen and oxygen atoms in total. The Bertz CT molecular complexity index is 197. The number of esters is 1. The number of hydrogen-bond donors (Lipinski definition) is 1. The summed E-state index contributed by atoms with van der Waals surface area (Å²) < 4.78 is 17.7. The molecule has 2 atom stereocenters. The van der Waals surface area contributed by atoms with Gasteiger partial charge < -0.3 is 10.5 Å². The number of halogens is 1. The molecule has 16 heavy (non-hydrogen) atoms. The average Bonchev–Trinajstić information content (AvgIpc) is 2.24. The third-order valence-electron chi connectivity index (χ3n) is 2.46. The molecule has 0 spiro atoms. The summed E-state index contributed by atoms with van der Waals surface area (Å²) in [6.07, 6.45) is 0.522. The van der Waals surface area contributed by atoms with Crippen LogP contribution in [0.25, 0.3) is 0 Å². The maximum Gasteiger partial charge on any atom is 0.306 e. The first kappa shape index (κ1) is 15.4. The quantitative estimate of drug-likeness (QED) is 0.654. The molecular weight excluding hydrogens is 209 g/mol. The van der Waals surface area contributed by atoms with Crippen molar-refractivity contribution in [2.45, 2.75) is 46.2 Å². The summed E-state index contributed by atoms with van der Waals surface area (Å²) >= 11 is 0. The Morgan fingerprint density at radius 2 is 2.06 bits per heavy atom. The molecule has 0 aromatic carbocycles. The molecule has 0 aliphatic heterocycles. The monoisotopic (exact) mass is 233 g/mol. The molecule has 0 heterocycles. The van der Waals surface area contributed by atoms with Gasteiger partial charge >= 0.3 is 5.97 Å². The lowest BCUT2D eigenvalue weighted by Crippen LogP contribution is -2.22. The van der Waals surface area contributed by atoms with Crippen molar-refractivity contribution < 1.29 is 13.9 Å². The summed E-state index contributed by atoms with van der Waals surface area (Å²) in [6.45, 7) is 6.24. The minimum absolute atomic E-state index is 0.131. The average molecular weight is 233 g/mol. The van der Waals surface area contributed by atoms with Crippen LogP contribution in [0.4, 0.5) is 4.39 Å². The zero-order chi connectivity index (χ0) is 12.6. The van der Waals surface area contributed by atoms with Crippen molar-refractivity contribution in [3.05, 3.63) is 0 Å². The number of carbonyl (C=O) groups excluding carboxylic acids is 1. The fourth-order valence-electron chi connectivity index (χ4n) is 1.53. The van der Waals surface area contributed by atoms with E-state index in [0.29, 0.717) is 25.3 Å². The van der Waals surface area contributed by atoms with Crippen LogP contribution in [0.15, 0.2) is 0 Å². The second kappa shape index (κ2) is 8.50. The van der Waals surface area contributed by atoms with E-state index in [1.807, 2.05) is 0 Å². The van der Waals surface area contributed by atoms with Crippen LogP contribution in [-0.2, 0) is 9.53 Å². The van der Waals surface area contributed by atoms with Gasteiger partial charge in [0.25, 0.3) is 0 Å². The SMILES string of the molecule is CC[C@@H](F)COC(=O)C[C@@H](CN)CC(C)C. The molecule has 0 aromatic rings. The first-order valence-electron chi connectivity index (χ1n) is 5.99. The van der Waals surface area contributed by atoms with Crippen molar-refractivity contribution >= 4 is 5.97 Å². The highest BCUT2D eigenvalue weighted by atomic mass is 19.1. The van der Waals surface area contributed by atoms with Crippen molar-refractivity contribution in [3.8, 4) is 0 Å². The molecular formula is C12H24FNO2. The van der Waals surface area contributed by atoms with E-state index in [4.69, 9.17) is 10.5 Å².